The van der Waals surface area contributed by atoms with E-state index in [1.54, 1.807) is 12.1 Å². The van der Waals surface area contributed by atoms with Crippen LogP contribution in [-0.4, -0.2) is 15.5 Å². The van der Waals surface area contributed by atoms with Crippen LogP contribution in [0.25, 0.3) is 0 Å². The molecule has 0 saturated heterocycles. The molecule has 94 valence electrons. The summed E-state index contributed by atoms with van der Waals surface area (Å²) in [5.41, 5.74) is 0.544. The molecule has 0 atom stereocenters. The number of anilines is 1. The number of hydrogen-bond acceptors (Lipinski definition) is 2. The van der Waals surface area contributed by atoms with E-state index in [2.05, 4.69) is 10.3 Å². The van der Waals surface area contributed by atoms with Gasteiger partial charge in [0.2, 0.25) is 5.95 Å². The SMILES string of the molecule is CCCn1cccc1C(=O)Nc1cccc(F)n1. The molecular weight excluding hydrogens is 233 g/mol. The summed E-state index contributed by atoms with van der Waals surface area (Å²) in [5, 5.41) is 2.57. The van der Waals surface area contributed by atoms with Gasteiger partial charge in [-0.15, -0.1) is 0 Å². The lowest BCUT2D eigenvalue weighted by Gasteiger charge is -2.08. The molecule has 0 aliphatic carbocycles. The molecule has 2 aromatic rings. The first-order valence-corrected chi connectivity index (χ1v) is 5.79. The highest BCUT2D eigenvalue weighted by atomic mass is 19.1. The second-order valence-electron chi connectivity index (χ2n) is 3.89. The monoisotopic (exact) mass is 247 g/mol. The number of halogens is 1. The topological polar surface area (TPSA) is 46.9 Å². The Bertz CT molecular complexity index is 551. The number of amides is 1. The average molecular weight is 247 g/mol. The van der Waals surface area contributed by atoms with Crippen LogP contribution in [0.5, 0.6) is 0 Å². The minimum absolute atomic E-state index is 0.212. The van der Waals surface area contributed by atoms with Gasteiger partial charge in [-0.25, -0.2) is 4.98 Å². The lowest BCUT2D eigenvalue weighted by atomic mass is 10.3. The molecule has 0 aromatic carbocycles. The van der Waals surface area contributed by atoms with E-state index in [9.17, 15) is 9.18 Å². The third-order valence-corrected chi connectivity index (χ3v) is 2.48. The molecule has 0 aliphatic rings. The maximum absolute atomic E-state index is 12.9. The van der Waals surface area contributed by atoms with E-state index in [1.807, 2.05) is 23.8 Å². The highest BCUT2D eigenvalue weighted by Crippen LogP contribution is 2.09. The number of nitrogens with one attached hydrogen (secondary N) is 1. The Balaban J connectivity index is 2.14. The fourth-order valence-electron chi connectivity index (χ4n) is 1.71. The Morgan fingerprint density at radius 1 is 1.39 bits per heavy atom. The molecule has 0 spiro atoms. The molecule has 2 heterocycles. The lowest BCUT2D eigenvalue weighted by Crippen LogP contribution is -2.17. The van der Waals surface area contributed by atoms with Crippen molar-refractivity contribution in [2.45, 2.75) is 19.9 Å². The average Bonchev–Trinajstić information content (AvgIpc) is 2.78. The van der Waals surface area contributed by atoms with Gasteiger partial charge < -0.3 is 9.88 Å². The molecule has 0 saturated carbocycles. The zero-order valence-corrected chi connectivity index (χ0v) is 10.1. The normalized spacial score (nSPS) is 10.3. The minimum Gasteiger partial charge on any atom is -0.344 e. The van der Waals surface area contributed by atoms with Crippen LogP contribution in [0.3, 0.4) is 0 Å². The van der Waals surface area contributed by atoms with Crippen molar-refractivity contribution < 1.29 is 9.18 Å². The van der Waals surface area contributed by atoms with Crippen LogP contribution >= 0.6 is 0 Å². The number of carbonyl (C=O) groups excluding carboxylic acids is 1. The number of aromatic nitrogens is 2. The molecule has 0 aliphatic heterocycles. The second kappa shape index (κ2) is 5.44. The van der Waals surface area contributed by atoms with Crippen molar-refractivity contribution in [3.05, 3.63) is 48.2 Å². The standard InChI is InChI=1S/C13H14FN3O/c1-2-8-17-9-4-5-10(17)13(18)16-12-7-3-6-11(14)15-12/h3-7,9H,2,8H2,1H3,(H,15,16,18). The summed E-state index contributed by atoms with van der Waals surface area (Å²) in [7, 11) is 0. The summed E-state index contributed by atoms with van der Waals surface area (Å²) < 4.78 is 14.7. The largest absolute Gasteiger partial charge is 0.344 e. The molecule has 18 heavy (non-hydrogen) atoms. The summed E-state index contributed by atoms with van der Waals surface area (Å²) in [6.45, 7) is 2.81. The summed E-state index contributed by atoms with van der Waals surface area (Å²) >= 11 is 0. The maximum Gasteiger partial charge on any atom is 0.273 e. The van der Waals surface area contributed by atoms with E-state index in [-0.39, 0.29) is 11.7 Å². The molecule has 1 N–H and O–H groups in total. The summed E-state index contributed by atoms with van der Waals surface area (Å²) in [5.74, 6) is -0.687. The van der Waals surface area contributed by atoms with E-state index in [4.69, 9.17) is 0 Å². The van der Waals surface area contributed by atoms with Crippen molar-refractivity contribution in [1.82, 2.24) is 9.55 Å². The lowest BCUT2D eigenvalue weighted by molar-refractivity contribution is 0.101. The molecule has 0 bridgehead atoms. The fourth-order valence-corrected chi connectivity index (χ4v) is 1.71. The summed E-state index contributed by atoms with van der Waals surface area (Å²) in [4.78, 5) is 15.6. The van der Waals surface area contributed by atoms with Gasteiger partial charge in [0, 0.05) is 12.7 Å². The Hall–Kier alpha value is -2.17. The summed E-state index contributed by atoms with van der Waals surface area (Å²) in [6, 6.07) is 7.82. The second-order valence-corrected chi connectivity index (χ2v) is 3.89. The van der Waals surface area contributed by atoms with Crippen LogP contribution < -0.4 is 5.32 Å². The van der Waals surface area contributed by atoms with Crippen molar-refractivity contribution in [2.75, 3.05) is 5.32 Å². The first kappa shape index (κ1) is 12.3. The smallest absolute Gasteiger partial charge is 0.273 e. The van der Waals surface area contributed by atoms with Crippen molar-refractivity contribution >= 4 is 11.7 Å². The molecule has 0 fully saturated rings. The zero-order chi connectivity index (χ0) is 13.0. The summed E-state index contributed by atoms with van der Waals surface area (Å²) in [6.07, 6.45) is 2.78. The molecule has 2 rings (SSSR count). The third-order valence-electron chi connectivity index (χ3n) is 2.48. The van der Waals surface area contributed by atoms with Gasteiger partial charge in [0.1, 0.15) is 11.5 Å². The molecule has 0 radical (unpaired) electrons. The molecule has 4 nitrogen and oxygen atoms in total. The van der Waals surface area contributed by atoms with Crippen LogP contribution in [0.4, 0.5) is 10.2 Å². The van der Waals surface area contributed by atoms with Crippen molar-refractivity contribution in [3.8, 4) is 0 Å². The highest BCUT2D eigenvalue weighted by molar-refractivity contribution is 6.02. The van der Waals surface area contributed by atoms with Gasteiger partial charge in [-0.05, 0) is 30.7 Å². The highest BCUT2D eigenvalue weighted by Gasteiger charge is 2.11. The fraction of sp³-hybridized carbons (Fsp3) is 0.231. The van der Waals surface area contributed by atoms with Gasteiger partial charge in [-0.1, -0.05) is 13.0 Å². The van der Waals surface area contributed by atoms with Gasteiger partial charge >= 0.3 is 0 Å². The van der Waals surface area contributed by atoms with E-state index in [0.717, 1.165) is 13.0 Å². The first-order chi connectivity index (χ1) is 8.70. The number of nitrogens with zero attached hydrogens (tertiary/aromatic N) is 2. The number of carbonyl (C=O) groups is 1. The van der Waals surface area contributed by atoms with Crippen LogP contribution in [-0.2, 0) is 6.54 Å². The maximum atomic E-state index is 12.9. The molecular formula is C13H14FN3O. The Kier molecular flexibility index (Phi) is 3.72. The predicted octanol–water partition coefficient (Wildman–Crippen LogP) is 2.68. The molecule has 2 aromatic heterocycles. The number of pyridine rings is 1. The van der Waals surface area contributed by atoms with Crippen LogP contribution in [0, 0.1) is 5.95 Å². The first-order valence-electron chi connectivity index (χ1n) is 5.79. The van der Waals surface area contributed by atoms with E-state index < -0.39 is 5.95 Å². The van der Waals surface area contributed by atoms with E-state index >= 15 is 0 Å². The van der Waals surface area contributed by atoms with Gasteiger partial charge in [-0.3, -0.25) is 4.79 Å². The van der Waals surface area contributed by atoms with Crippen molar-refractivity contribution in [1.29, 1.82) is 0 Å². The van der Waals surface area contributed by atoms with Gasteiger partial charge in [-0.2, -0.15) is 4.39 Å². The number of rotatable bonds is 4. The van der Waals surface area contributed by atoms with Gasteiger partial charge in [0.15, 0.2) is 0 Å². The van der Waals surface area contributed by atoms with Crippen LogP contribution in [0.1, 0.15) is 23.8 Å². The molecule has 1 amide bonds. The van der Waals surface area contributed by atoms with Crippen LogP contribution in [0.15, 0.2) is 36.5 Å². The van der Waals surface area contributed by atoms with E-state index in [0.29, 0.717) is 5.69 Å². The van der Waals surface area contributed by atoms with E-state index in [1.165, 1.54) is 12.1 Å². The van der Waals surface area contributed by atoms with Crippen LogP contribution in [0.2, 0.25) is 0 Å². The van der Waals surface area contributed by atoms with Gasteiger partial charge in [0.05, 0.1) is 0 Å². The minimum atomic E-state index is -0.614. The number of hydrogen-bond donors (Lipinski definition) is 1. The van der Waals surface area contributed by atoms with Gasteiger partial charge in [0.25, 0.3) is 5.91 Å². The Morgan fingerprint density at radius 2 is 2.22 bits per heavy atom. The van der Waals surface area contributed by atoms with Crippen molar-refractivity contribution in [3.63, 3.8) is 0 Å². The predicted molar refractivity (Wildman–Crippen MR) is 66.9 cm³/mol. The molecule has 0 unspecified atom stereocenters. The number of aryl methyl sites for hydroxylation is 1. The van der Waals surface area contributed by atoms with Crippen molar-refractivity contribution in [2.24, 2.45) is 0 Å². The quantitative estimate of drug-likeness (QED) is 0.844. The Labute approximate surface area is 104 Å². The molecule has 5 heteroatoms. The third kappa shape index (κ3) is 2.74. The zero-order valence-electron chi connectivity index (χ0n) is 10.1. The Morgan fingerprint density at radius 3 is 2.94 bits per heavy atom.